The van der Waals surface area contributed by atoms with Crippen LogP contribution in [0.15, 0.2) is 46.3 Å². The lowest BCUT2D eigenvalue weighted by atomic mass is 9.48. The van der Waals surface area contributed by atoms with Crippen LogP contribution in [0.4, 0.5) is 0 Å². The number of rotatable bonds is 1. The van der Waals surface area contributed by atoms with E-state index < -0.39 is 5.97 Å². The highest BCUT2D eigenvalue weighted by Gasteiger charge is 2.56. The van der Waals surface area contributed by atoms with Crippen LogP contribution in [0, 0.1) is 23.2 Å². The predicted octanol–water partition coefficient (Wildman–Crippen LogP) is 3.37. The summed E-state index contributed by atoms with van der Waals surface area (Å²) in [5.41, 5.74) is 4.20. The molecule has 0 aliphatic heterocycles. The Labute approximate surface area is 118 Å². The van der Waals surface area contributed by atoms with Crippen LogP contribution >= 0.6 is 0 Å². The van der Waals surface area contributed by atoms with Crippen molar-refractivity contribution in [2.75, 3.05) is 0 Å². The molecule has 0 heterocycles. The summed E-state index contributed by atoms with van der Waals surface area (Å²) in [5.74, 6) is 0.373. The Morgan fingerprint density at radius 2 is 2.20 bits per heavy atom. The molecule has 104 valence electrons. The highest BCUT2D eigenvalue weighted by molar-refractivity contribution is 5.90. The van der Waals surface area contributed by atoms with Crippen molar-refractivity contribution in [2.45, 2.75) is 26.7 Å². The molecule has 4 unspecified atom stereocenters. The Kier molecular flexibility index (Phi) is 2.08. The van der Waals surface area contributed by atoms with E-state index in [1.807, 2.05) is 12.2 Å². The van der Waals surface area contributed by atoms with Gasteiger partial charge in [0.2, 0.25) is 0 Å². The third-order valence-corrected chi connectivity index (χ3v) is 5.59. The van der Waals surface area contributed by atoms with Crippen LogP contribution in [-0.2, 0) is 4.79 Å². The van der Waals surface area contributed by atoms with E-state index in [1.54, 1.807) is 0 Å². The highest BCUT2D eigenvalue weighted by atomic mass is 16.4. The molecule has 1 saturated carbocycles. The van der Waals surface area contributed by atoms with Crippen molar-refractivity contribution in [1.29, 1.82) is 0 Å². The first-order valence-corrected chi connectivity index (χ1v) is 7.24. The molecule has 3 heteroatoms. The number of hydrogen-bond donors (Lipinski definition) is 2. The predicted molar refractivity (Wildman–Crippen MR) is 75.0 cm³/mol. The molecule has 0 saturated heterocycles. The maximum absolute atomic E-state index is 11.3. The van der Waals surface area contributed by atoms with Crippen LogP contribution in [0.5, 0.6) is 0 Å². The molecule has 4 atom stereocenters. The summed E-state index contributed by atoms with van der Waals surface area (Å²) in [6, 6.07) is 0. The van der Waals surface area contributed by atoms with Gasteiger partial charge in [-0.1, -0.05) is 19.9 Å². The minimum atomic E-state index is -0.802. The molecule has 0 amide bonds. The molecule has 4 rings (SSSR count). The number of aliphatic hydroxyl groups excluding tert-OH is 1. The standard InChI is InChI=1S/C17H18O3/c1-8-3-13-12-5-9-4-10(6-11(9)16(19)20)15(12)17(13,2)7-14(8)18/h5-9,13,18H,3-4H2,1-2H3,(H,19,20). The first-order chi connectivity index (χ1) is 9.41. The van der Waals surface area contributed by atoms with Gasteiger partial charge >= 0.3 is 5.97 Å². The van der Waals surface area contributed by atoms with Gasteiger partial charge < -0.3 is 10.2 Å². The summed E-state index contributed by atoms with van der Waals surface area (Å²) in [6.07, 6.45) is 7.79. The summed E-state index contributed by atoms with van der Waals surface area (Å²) in [4.78, 5) is 11.3. The summed E-state index contributed by atoms with van der Waals surface area (Å²) in [7, 11) is 0. The van der Waals surface area contributed by atoms with Gasteiger partial charge in [-0.25, -0.2) is 4.79 Å². The SMILES string of the molecule is CC1CC2C3=CC4CC(=C3C2(C)C=C1O)C=C4C(=O)O. The molecule has 1 fully saturated rings. The quantitative estimate of drug-likeness (QED) is 0.768. The fraction of sp³-hybridized carbons (Fsp3) is 0.471. The van der Waals surface area contributed by atoms with Gasteiger partial charge in [-0.3, -0.25) is 0 Å². The fourth-order valence-electron chi connectivity index (χ4n) is 4.56. The van der Waals surface area contributed by atoms with Gasteiger partial charge in [-0.2, -0.15) is 0 Å². The molecular formula is C17H18O3. The second kappa shape index (κ2) is 3.46. The number of carboxylic acid groups (broad SMARTS) is 1. The number of hydrogen-bond acceptors (Lipinski definition) is 2. The third-order valence-electron chi connectivity index (χ3n) is 5.59. The lowest BCUT2D eigenvalue weighted by molar-refractivity contribution is -0.133. The van der Waals surface area contributed by atoms with E-state index in [0.717, 1.165) is 12.8 Å². The van der Waals surface area contributed by atoms with Gasteiger partial charge in [0, 0.05) is 22.8 Å². The molecule has 0 spiro atoms. The van der Waals surface area contributed by atoms with Crippen molar-refractivity contribution in [2.24, 2.45) is 23.2 Å². The van der Waals surface area contributed by atoms with Gasteiger partial charge in [0.25, 0.3) is 0 Å². The van der Waals surface area contributed by atoms with Crippen LogP contribution in [-0.4, -0.2) is 16.2 Å². The number of fused-ring (bicyclic) bond motifs is 6. The van der Waals surface area contributed by atoms with Crippen molar-refractivity contribution in [3.05, 3.63) is 46.3 Å². The Hall–Kier alpha value is -1.77. The first kappa shape index (κ1) is 12.0. The molecule has 20 heavy (non-hydrogen) atoms. The van der Waals surface area contributed by atoms with Crippen molar-refractivity contribution < 1.29 is 15.0 Å². The maximum atomic E-state index is 11.3. The Morgan fingerprint density at radius 1 is 1.45 bits per heavy atom. The largest absolute Gasteiger partial charge is 0.512 e. The van der Waals surface area contributed by atoms with E-state index in [2.05, 4.69) is 19.9 Å². The van der Waals surface area contributed by atoms with E-state index >= 15 is 0 Å². The van der Waals surface area contributed by atoms with Gasteiger partial charge in [0.05, 0.1) is 5.76 Å². The van der Waals surface area contributed by atoms with Crippen LogP contribution in [0.2, 0.25) is 0 Å². The number of aliphatic carboxylic acids is 1. The second-order valence-electron chi connectivity index (χ2n) is 6.78. The van der Waals surface area contributed by atoms with Gasteiger partial charge in [-0.15, -0.1) is 0 Å². The first-order valence-electron chi connectivity index (χ1n) is 7.24. The fourth-order valence-corrected chi connectivity index (χ4v) is 4.56. The summed E-state index contributed by atoms with van der Waals surface area (Å²) in [5, 5.41) is 19.4. The molecule has 4 aliphatic rings. The van der Waals surface area contributed by atoms with E-state index in [0.29, 0.717) is 17.3 Å². The zero-order chi connectivity index (χ0) is 14.2. The number of aliphatic hydroxyl groups is 1. The Morgan fingerprint density at radius 3 is 2.90 bits per heavy atom. The zero-order valence-electron chi connectivity index (χ0n) is 11.7. The molecular weight excluding hydrogens is 252 g/mol. The summed E-state index contributed by atoms with van der Waals surface area (Å²) in [6.45, 7) is 4.22. The minimum Gasteiger partial charge on any atom is -0.512 e. The van der Waals surface area contributed by atoms with Crippen LogP contribution < -0.4 is 0 Å². The monoisotopic (exact) mass is 270 g/mol. The topological polar surface area (TPSA) is 57.5 Å². The number of allylic oxidation sites excluding steroid dienone is 7. The average molecular weight is 270 g/mol. The van der Waals surface area contributed by atoms with E-state index in [-0.39, 0.29) is 17.3 Å². The van der Waals surface area contributed by atoms with E-state index in [1.165, 1.54) is 16.7 Å². The van der Waals surface area contributed by atoms with Crippen molar-refractivity contribution in [1.82, 2.24) is 0 Å². The van der Waals surface area contributed by atoms with Gasteiger partial charge in [0.15, 0.2) is 0 Å². The number of carboxylic acids is 1. The van der Waals surface area contributed by atoms with Crippen molar-refractivity contribution in [3.63, 3.8) is 0 Å². The molecule has 0 aromatic heterocycles. The zero-order valence-corrected chi connectivity index (χ0v) is 11.7. The molecule has 2 N–H and O–H groups in total. The van der Waals surface area contributed by atoms with Gasteiger partial charge in [-0.05, 0) is 47.6 Å². The molecule has 4 aliphatic carbocycles. The second-order valence-corrected chi connectivity index (χ2v) is 6.78. The van der Waals surface area contributed by atoms with Gasteiger partial charge in [0.1, 0.15) is 0 Å². The van der Waals surface area contributed by atoms with Crippen molar-refractivity contribution >= 4 is 5.97 Å². The molecule has 2 bridgehead atoms. The summed E-state index contributed by atoms with van der Waals surface area (Å²) < 4.78 is 0. The minimum absolute atomic E-state index is 0.0561. The molecule has 0 aromatic rings. The van der Waals surface area contributed by atoms with E-state index in [9.17, 15) is 15.0 Å². The lowest BCUT2D eigenvalue weighted by Crippen LogP contribution is -2.47. The molecule has 0 aromatic carbocycles. The normalized spacial score (nSPS) is 41.1. The van der Waals surface area contributed by atoms with Crippen LogP contribution in [0.3, 0.4) is 0 Å². The summed E-state index contributed by atoms with van der Waals surface area (Å²) >= 11 is 0. The smallest absolute Gasteiger partial charge is 0.332 e. The van der Waals surface area contributed by atoms with Crippen LogP contribution in [0.25, 0.3) is 0 Å². The van der Waals surface area contributed by atoms with Crippen molar-refractivity contribution in [3.8, 4) is 0 Å². The number of carbonyl (C=O) groups is 1. The molecule has 0 radical (unpaired) electrons. The molecule has 3 nitrogen and oxygen atoms in total. The average Bonchev–Trinajstić information content (AvgIpc) is 2.71. The highest BCUT2D eigenvalue weighted by Crippen LogP contribution is 2.65. The van der Waals surface area contributed by atoms with E-state index in [4.69, 9.17) is 0 Å². The third kappa shape index (κ3) is 1.23. The lowest BCUT2D eigenvalue weighted by Gasteiger charge is -2.56. The maximum Gasteiger partial charge on any atom is 0.332 e. The Bertz CT molecular complexity index is 662. The Balaban J connectivity index is 1.86. The van der Waals surface area contributed by atoms with Crippen LogP contribution in [0.1, 0.15) is 26.7 Å².